The van der Waals surface area contributed by atoms with Crippen LogP contribution >= 0.6 is 11.3 Å². The number of rotatable bonds is 5. The lowest BCUT2D eigenvalue weighted by molar-refractivity contribution is -0.00783. The molecule has 5 heteroatoms. The maximum atomic E-state index is 12.0. The monoisotopic (exact) mass is 297 g/mol. The fourth-order valence-corrected chi connectivity index (χ4v) is 3.45. The van der Waals surface area contributed by atoms with Crippen LogP contribution in [0.4, 0.5) is 0 Å². The second-order valence-electron chi connectivity index (χ2n) is 5.61. The van der Waals surface area contributed by atoms with Crippen LogP contribution in [0, 0.1) is 5.92 Å². The van der Waals surface area contributed by atoms with E-state index in [-0.39, 0.29) is 5.91 Å². The molecule has 0 atom stereocenters. The summed E-state index contributed by atoms with van der Waals surface area (Å²) in [6.45, 7) is 2.53. The van der Waals surface area contributed by atoms with Crippen LogP contribution in [0.15, 0.2) is 11.4 Å². The summed E-state index contributed by atoms with van der Waals surface area (Å²) in [5.74, 6) is 1.29. The number of methoxy groups -OCH3 is 1. The Morgan fingerprint density at radius 2 is 2.25 bits per heavy atom. The quantitative estimate of drug-likeness (QED) is 0.878. The lowest BCUT2D eigenvalue weighted by Gasteiger charge is -2.35. The van der Waals surface area contributed by atoms with Gasteiger partial charge in [0, 0.05) is 18.0 Å². The highest BCUT2D eigenvalue weighted by atomic mass is 32.1. The maximum Gasteiger partial charge on any atom is 0.261 e. The van der Waals surface area contributed by atoms with Gasteiger partial charge >= 0.3 is 0 Å². The molecule has 1 aromatic heterocycles. The molecule has 0 aliphatic heterocycles. The molecule has 0 radical (unpaired) electrons. The Hall–Kier alpha value is -1.07. The Bertz CT molecular complexity index is 450. The first-order valence-electron chi connectivity index (χ1n) is 7.19. The van der Waals surface area contributed by atoms with Gasteiger partial charge in [-0.2, -0.15) is 0 Å². The van der Waals surface area contributed by atoms with Crippen LogP contribution in [0.25, 0.3) is 0 Å². The van der Waals surface area contributed by atoms with Crippen molar-refractivity contribution in [3.63, 3.8) is 0 Å². The number of amides is 1. The number of aliphatic hydroxyl groups is 1. The fourth-order valence-electron chi connectivity index (χ4n) is 2.68. The van der Waals surface area contributed by atoms with Crippen molar-refractivity contribution in [3.8, 4) is 5.75 Å². The highest BCUT2D eigenvalue weighted by Gasteiger charge is 2.33. The average Bonchev–Trinajstić information content (AvgIpc) is 2.95. The van der Waals surface area contributed by atoms with Gasteiger partial charge in [0.15, 0.2) is 0 Å². The van der Waals surface area contributed by atoms with Crippen molar-refractivity contribution < 1.29 is 14.6 Å². The van der Waals surface area contributed by atoms with Crippen molar-refractivity contribution in [2.75, 3.05) is 13.7 Å². The van der Waals surface area contributed by atoms with Gasteiger partial charge in [0.1, 0.15) is 5.75 Å². The van der Waals surface area contributed by atoms with Crippen molar-refractivity contribution >= 4 is 17.2 Å². The van der Waals surface area contributed by atoms with E-state index in [2.05, 4.69) is 12.2 Å². The molecule has 1 amide bonds. The molecule has 1 aliphatic rings. The molecule has 1 heterocycles. The molecule has 0 unspecified atom stereocenters. The van der Waals surface area contributed by atoms with Crippen LogP contribution in [0.5, 0.6) is 5.75 Å². The van der Waals surface area contributed by atoms with Gasteiger partial charge in [-0.25, -0.2) is 0 Å². The molecule has 1 fully saturated rings. The molecule has 4 nitrogen and oxygen atoms in total. The molecule has 0 saturated heterocycles. The highest BCUT2D eigenvalue weighted by Crippen LogP contribution is 2.33. The largest absolute Gasteiger partial charge is 0.496 e. The van der Waals surface area contributed by atoms with Gasteiger partial charge in [-0.3, -0.25) is 4.79 Å². The first-order valence-corrected chi connectivity index (χ1v) is 8.07. The van der Waals surface area contributed by atoms with Gasteiger partial charge < -0.3 is 15.2 Å². The van der Waals surface area contributed by atoms with Gasteiger partial charge in [-0.1, -0.05) is 13.3 Å². The topological polar surface area (TPSA) is 58.6 Å². The summed E-state index contributed by atoms with van der Waals surface area (Å²) in [6, 6.07) is 1.72. The predicted octanol–water partition coefficient (Wildman–Crippen LogP) is 2.82. The zero-order valence-corrected chi connectivity index (χ0v) is 13.0. The Morgan fingerprint density at radius 1 is 1.55 bits per heavy atom. The number of carbonyl (C=O) groups is 1. The van der Waals surface area contributed by atoms with E-state index in [1.807, 2.05) is 0 Å². The van der Waals surface area contributed by atoms with Crippen LogP contribution in [0.2, 0.25) is 0 Å². The van der Waals surface area contributed by atoms with E-state index in [9.17, 15) is 9.90 Å². The van der Waals surface area contributed by atoms with Crippen LogP contribution < -0.4 is 10.1 Å². The third kappa shape index (κ3) is 3.73. The third-order valence-electron chi connectivity index (χ3n) is 4.23. The van der Waals surface area contributed by atoms with E-state index < -0.39 is 5.60 Å². The van der Waals surface area contributed by atoms with Crippen molar-refractivity contribution in [1.29, 1.82) is 0 Å². The van der Waals surface area contributed by atoms with Crippen molar-refractivity contribution in [2.24, 2.45) is 5.92 Å². The van der Waals surface area contributed by atoms with E-state index >= 15 is 0 Å². The van der Waals surface area contributed by atoms with Gasteiger partial charge in [0.05, 0.1) is 17.6 Å². The van der Waals surface area contributed by atoms with E-state index in [0.29, 0.717) is 17.2 Å². The number of ether oxygens (including phenoxy) is 1. The summed E-state index contributed by atoms with van der Waals surface area (Å²) >= 11 is 1.35. The number of thiophene rings is 1. The third-order valence-corrected chi connectivity index (χ3v) is 5.13. The molecule has 0 bridgehead atoms. The minimum Gasteiger partial charge on any atom is -0.496 e. The number of carbonyl (C=O) groups excluding carboxylic acids is 1. The fraction of sp³-hybridized carbons (Fsp3) is 0.667. The van der Waals surface area contributed by atoms with Gasteiger partial charge in [-0.05, 0) is 31.6 Å². The van der Waals surface area contributed by atoms with Crippen LogP contribution in [0.1, 0.15) is 48.7 Å². The van der Waals surface area contributed by atoms with E-state index in [0.717, 1.165) is 31.6 Å². The Balaban J connectivity index is 1.84. The second-order valence-corrected chi connectivity index (χ2v) is 6.52. The molecule has 112 valence electrons. The normalized spacial score (nSPS) is 26.2. The Labute approximate surface area is 124 Å². The van der Waals surface area contributed by atoms with E-state index in [4.69, 9.17) is 4.74 Å². The minimum absolute atomic E-state index is 0.135. The van der Waals surface area contributed by atoms with Gasteiger partial charge in [0.25, 0.3) is 5.91 Å². The predicted molar refractivity (Wildman–Crippen MR) is 80.4 cm³/mol. The molecule has 1 saturated carbocycles. The average molecular weight is 297 g/mol. The molecule has 0 spiro atoms. The minimum atomic E-state index is -0.733. The SMILES string of the molecule is CCC1CCC(O)(CNC(=O)c2cc(OC)cs2)CC1. The molecule has 1 aliphatic carbocycles. The Morgan fingerprint density at radius 3 is 2.80 bits per heavy atom. The molecular formula is C15H23NO3S. The zero-order chi connectivity index (χ0) is 14.6. The zero-order valence-electron chi connectivity index (χ0n) is 12.1. The second kappa shape index (κ2) is 6.59. The molecule has 2 rings (SSSR count). The number of hydrogen-bond acceptors (Lipinski definition) is 4. The summed E-state index contributed by atoms with van der Waals surface area (Å²) in [5, 5.41) is 15.1. The summed E-state index contributed by atoms with van der Waals surface area (Å²) in [6.07, 6.45) is 4.84. The number of nitrogens with one attached hydrogen (secondary N) is 1. The summed E-state index contributed by atoms with van der Waals surface area (Å²) in [7, 11) is 1.58. The molecule has 20 heavy (non-hydrogen) atoms. The van der Waals surface area contributed by atoms with Crippen LogP contribution in [-0.2, 0) is 0 Å². The van der Waals surface area contributed by atoms with Crippen molar-refractivity contribution in [2.45, 2.75) is 44.6 Å². The molecule has 1 aromatic rings. The standard InChI is InChI=1S/C15H23NO3S/c1-3-11-4-6-15(18,7-5-11)10-16-14(17)13-8-12(19-2)9-20-13/h8-9,11,18H,3-7,10H2,1-2H3,(H,16,17). The van der Waals surface area contributed by atoms with Crippen molar-refractivity contribution in [1.82, 2.24) is 5.32 Å². The molecule has 0 aromatic carbocycles. The first-order chi connectivity index (χ1) is 9.56. The summed E-state index contributed by atoms with van der Waals surface area (Å²) in [4.78, 5) is 12.6. The molecule has 2 N–H and O–H groups in total. The smallest absolute Gasteiger partial charge is 0.261 e. The summed E-state index contributed by atoms with van der Waals surface area (Å²) in [5.41, 5.74) is -0.733. The van der Waals surface area contributed by atoms with Crippen LogP contribution in [-0.4, -0.2) is 30.3 Å². The van der Waals surface area contributed by atoms with Gasteiger partial charge in [-0.15, -0.1) is 11.3 Å². The lowest BCUT2D eigenvalue weighted by Crippen LogP contribution is -2.45. The van der Waals surface area contributed by atoms with Crippen LogP contribution in [0.3, 0.4) is 0 Å². The number of hydrogen-bond donors (Lipinski definition) is 2. The lowest BCUT2D eigenvalue weighted by atomic mass is 9.78. The van der Waals surface area contributed by atoms with Gasteiger partial charge in [0.2, 0.25) is 0 Å². The first kappa shape index (κ1) is 15.3. The van der Waals surface area contributed by atoms with E-state index in [1.165, 1.54) is 17.8 Å². The van der Waals surface area contributed by atoms with E-state index in [1.54, 1.807) is 18.6 Å². The Kier molecular flexibility index (Phi) is 5.05. The maximum absolute atomic E-state index is 12.0. The highest BCUT2D eigenvalue weighted by molar-refractivity contribution is 7.12. The molecular weight excluding hydrogens is 274 g/mol. The summed E-state index contributed by atoms with van der Waals surface area (Å²) < 4.78 is 5.06. The van der Waals surface area contributed by atoms with Crippen molar-refractivity contribution in [3.05, 3.63) is 16.3 Å².